The first kappa shape index (κ1) is 24.5. The van der Waals surface area contributed by atoms with Crippen molar-refractivity contribution in [2.45, 2.75) is 17.2 Å². The Hall–Kier alpha value is -3.60. The predicted octanol–water partition coefficient (Wildman–Crippen LogP) is 6.65. The van der Waals surface area contributed by atoms with Gasteiger partial charge in [-0.25, -0.2) is 13.1 Å². The van der Waals surface area contributed by atoms with Gasteiger partial charge in [0.25, 0.3) is 0 Å². The van der Waals surface area contributed by atoms with Gasteiger partial charge in [-0.1, -0.05) is 36.4 Å². The molecule has 0 unspecified atom stereocenters. The molecule has 4 rings (SSSR count). The van der Waals surface area contributed by atoms with E-state index < -0.39 is 38.9 Å². The van der Waals surface area contributed by atoms with Crippen molar-refractivity contribution in [1.29, 1.82) is 0 Å². The van der Waals surface area contributed by atoms with Crippen LogP contribution in [0.15, 0.2) is 83.9 Å². The van der Waals surface area contributed by atoms with Crippen LogP contribution in [0.4, 0.5) is 26.3 Å². The molecular formula is C24H16F6N2O2S. The van der Waals surface area contributed by atoms with E-state index in [0.29, 0.717) is 0 Å². The van der Waals surface area contributed by atoms with E-state index in [0.717, 1.165) is 35.2 Å². The maximum atomic E-state index is 13.8. The van der Waals surface area contributed by atoms with Crippen molar-refractivity contribution >= 4 is 9.84 Å². The van der Waals surface area contributed by atoms with Crippen LogP contribution in [0.2, 0.25) is 0 Å². The Morgan fingerprint density at radius 1 is 0.686 bits per heavy atom. The number of rotatable bonds is 4. The first-order valence-electron chi connectivity index (χ1n) is 10.00. The molecule has 11 heteroatoms. The first-order valence-corrected chi connectivity index (χ1v) is 11.9. The number of nitrogens with zero attached hydrogens (tertiary/aromatic N) is 2. The maximum absolute atomic E-state index is 13.8. The van der Waals surface area contributed by atoms with Crippen molar-refractivity contribution in [3.8, 4) is 28.1 Å². The Bertz CT molecular complexity index is 1410. The summed E-state index contributed by atoms with van der Waals surface area (Å²) in [6, 6.07) is 14.3. The fourth-order valence-electron chi connectivity index (χ4n) is 3.65. The van der Waals surface area contributed by atoms with Gasteiger partial charge in [-0.05, 0) is 42.0 Å². The van der Waals surface area contributed by atoms with E-state index in [4.69, 9.17) is 0 Å². The van der Waals surface area contributed by atoms with Crippen LogP contribution in [-0.2, 0) is 22.2 Å². The molecule has 0 spiro atoms. The second kappa shape index (κ2) is 8.56. The number of benzene rings is 3. The minimum Gasteiger partial charge on any atom is -0.240 e. The summed E-state index contributed by atoms with van der Waals surface area (Å²) in [4.78, 5) is -0.00122. The molecule has 0 fully saturated rings. The van der Waals surface area contributed by atoms with Crippen LogP contribution in [0.5, 0.6) is 0 Å². The van der Waals surface area contributed by atoms with E-state index in [2.05, 4.69) is 5.10 Å². The molecule has 0 aliphatic carbocycles. The van der Waals surface area contributed by atoms with Crippen molar-refractivity contribution in [2.24, 2.45) is 0 Å². The normalized spacial score (nSPS) is 12.7. The molecule has 0 aliphatic rings. The highest BCUT2D eigenvalue weighted by Gasteiger charge is 2.37. The van der Waals surface area contributed by atoms with Crippen LogP contribution in [0.3, 0.4) is 0 Å². The van der Waals surface area contributed by atoms with Crippen LogP contribution < -0.4 is 0 Å². The number of sulfone groups is 1. The Labute approximate surface area is 196 Å². The lowest BCUT2D eigenvalue weighted by atomic mass is 9.95. The molecule has 0 radical (unpaired) electrons. The van der Waals surface area contributed by atoms with Gasteiger partial charge in [-0.15, -0.1) is 0 Å². The Morgan fingerprint density at radius 3 is 1.69 bits per heavy atom. The van der Waals surface area contributed by atoms with E-state index in [-0.39, 0.29) is 27.4 Å². The zero-order valence-electron chi connectivity index (χ0n) is 17.9. The summed E-state index contributed by atoms with van der Waals surface area (Å²) in [7, 11) is -3.51. The second-order valence-electron chi connectivity index (χ2n) is 7.69. The van der Waals surface area contributed by atoms with Gasteiger partial charge in [-0.3, -0.25) is 0 Å². The topological polar surface area (TPSA) is 52.0 Å². The molecule has 0 atom stereocenters. The Morgan fingerprint density at radius 2 is 1.17 bits per heavy atom. The van der Waals surface area contributed by atoms with Gasteiger partial charge < -0.3 is 0 Å². The summed E-state index contributed by atoms with van der Waals surface area (Å²) in [5.41, 5.74) is -3.03. The monoisotopic (exact) mass is 510 g/mol. The van der Waals surface area contributed by atoms with Gasteiger partial charge in [0.2, 0.25) is 0 Å². The molecule has 3 aromatic carbocycles. The van der Waals surface area contributed by atoms with Crippen molar-refractivity contribution in [3.05, 3.63) is 90.1 Å². The SMILES string of the molecule is CS(=O)(=O)c1ccc(-n2cc(-c3ccccc3C(F)(F)F)c(-c3ccccc3C(F)(F)F)n2)cc1. The zero-order chi connectivity index (χ0) is 25.6. The van der Waals surface area contributed by atoms with Gasteiger partial charge in [0.1, 0.15) is 5.69 Å². The molecule has 0 N–H and O–H groups in total. The van der Waals surface area contributed by atoms with Gasteiger partial charge >= 0.3 is 12.4 Å². The molecule has 0 saturated carbocycles. The van der Waals surface area contributed by atoms with Crippen molar-refractivity contribution in [1.82, 2.24) is 9.78 Å². The minimum absolute atomic E-state index is 0.00122. The third-order valence-electron chi connectivity index (χ3n) is 5.25. The molecule has 1 aromatic heterocycles. The maximum Gasteiger partial charge on any atom is 0.417 e. The quantitative estimate of drug-likeness (QED) is 0.289. The fraction of sp³-hybridized carbons (Fsp3) is 0.125. The lowest BCUT2D eigenvalue weighted by Gasteiger charge is -2.15. The summed E-state index contributed by atoms with van der Waals surface area (Å²) >= 11 is 0. The highest BCUT2D eigenvalue weighted by molar-refractivity contribution is 7.90. The van der Waals surface area contributed by atoms with Crippen LogP contribution in [0, 0.1) is 0 Å². The minimum atomic E-state index is -4.78. The van der Waals surface area contributed by atoms with E-state index in [9.17, 15) is 34.8 Å². The largest absolute Gasteiger partial charge is 0.417 e. The third kappa shape index (κ3) is 4.95. The molecule has 0 aliphatic heterocycles. The lowest BCUT2D eigenvalue weighted by Crippen LogP contribution is -2.08. The second-order valence-corrected chi connectivity index (χ2v) is 9.70. The van der Waals surface area contributed by atoms with Crippen molar-refractivity contribution < 1.29 is 34.8 Å². The van der Waals surface area contributed by atoms with E-state index in [1.54, 1.807) is 0 Å². The molecular weight excluding hydrogens is 494 g/mol. The van der Waals surface area contributed by atoms with Crippen molar-refractivity contribution in [3.63, 3.8) is 0 Å². The molecule has 182 valence electrons. The summed E-state index contributed by atoms with van der Waals surface area (Å²) in [6.45, 7) is 0. The summed E-state index contributed by atoms with van der Waals surface area (Å²) in [5.74, 6) is 0. The number of aromatic nitrogens is 2. The molecule has 4 aromatic rings. The predicted molar refractivity (Wildman–Crippen MR) is 118 cm³/mol. The lowest BCUT2D eigenvalue weighted by molar-refractivity contribution is -0.138. The van der Waals surface area contributed by atoms with Crippen molar-refractivity contribution in [2.75, 3.05) is 6.26 Å². The summed E-state index contributed by atoms with van der Waals surface area (Å²) < 4.78 is 107. The molecule has 0 saturated heterocycles. The summed E-state index contributed by atoms with van der Waals surface area (Å²) in [5, 5.41) is 4.22. The Balaban J connectivity index is 2.00. The van der Waals surface area contributed by atoms with Crippen LogP contribution >= 0.6 is 0 Å². The van der Waals surface area contributed by atoms with Gasteiger partial charge in [0.05, 0.1) is 21.7 Å². The van der Waals surface area contributed by atoms with E-state index >= 15 is 0 Å². The number of hydrogen-bond acceptors (Lipinski definition) is 3. The average molecular weight is 510 g/mol. The highest BCUT2D eigenvalue weighted by atomic mass is 32.2. The van der Waals surface area contributed by atoms with Gasteiger partial charge in [0, 0.05) is 23.6 Å². The molecule has 0 bridgehead atoms. The van der Waals surface area contributed by atoms with Crippen LogP contribution in [0.25, 0.3) is 28.1 Å². The first-order chi connectivity index (χ1) is 16.3. The zero-order valence-corrected chi connectivity index (χ0v) is 18.7. The number of hydrogen-bond donors (Lipinski definition) is 0. The van der Waals surface area contributed by atoms with Crippen LogP contribution in [-0.4, -0.2) is 24.5 Å². The average Bonchev–Trinajstić information content (AvgIpc) is 3.23. The van der Waals surface area contributed by atoms with Gasteiger partial charge in [-0.2, -0.15) is 31.4 Å². The van der Waals surface area contributed by atoms with E-state index in [1.165, 1.54) is 54.7 Å². The number of halogens is 6. The third-order valence-corrected chi connectivity index (χ3v) is 6.38. The van der Waals surface area contributed by atoms with E-state index in [1.807, 2.05) is 0 Å². The van der Waals surface area contributed by atoms with Crippen LogP contribution in [0.1, 0.15) is 11.1 Å². The molecule has 4 nitrogen and oxygen atoms in total. The number of alkyl halides is 6. The standard InChI is InChI=1S/C24H16F6N2O2S/c1-35(33,34)16-12-10-15(11-13-16)32-14-19(17-6-2-4-8-20(17)23(25,26)27)22(31-32)18-7-3-5-9-21(18)24(28,29)30/h2-14H,1H3. The van der Waals surface area contributed by atoms with Gasteiger partial charge in [0.15, 0.2) is 9.84 Å². The summed E-state index contributed by atoms with van der Waals surface area (Å²) in [6.07, 6.45) is -7.34. The highest BCUT2D eigenvalue weighted by Crippen LogP contribution is 2.43. The fourth-order valence-corrected chi connectivity index (χ4v) is 4.28. The Kier molecular flexibility index (Phi) is 6.00. The smallest absolute Gasteiger partial charge is 0.240 e. The molecule has 0 amide bonds. The molecule has 35 heavy (non-hydrogen) atoms. The molecule has 1 heterocycles.